The molecule has 4 aliphatic carbocycles. The van der Waals surface area contributed by atoms with Crippen LogP contribution in [0.2, 0.25) is 0 Å². The van der Waals surface area contributed by atoms with Crippen LogP contribution in [0.25, 0.3) is 5.82 Å². The largest absolute Gasteiger partial charge is 0.368 e. The Hall–Kier alpha value is -2.44. The number of nitrogen functional groups attached to an aromatic ring is 1. The van der Waals surface area contributed by atoms with Crippen molar-refractivity contribution in [3.05, 3.63) is 29.2 Å². The van der Waals surface area contributed by atoms with Crippen molar-refractivity contribution in [1.82, 2.24) is 25.1 Å². The van der Waals surface area contributed by atoms with Gasteiger partial charge in [0, 0.05) is 24.5 Å². The van der Waals surface area contributed by atoms with E-state index >= 15 is 0 Å². The van der Waals surface area contributed by atoms with Crippen molar-refractivity contribution in [3.63, 3.8) is 0 Å². The van der Waals surface area contributed by atoms with E-state index in [0.717, 1.165) is 30.0 Å². The zero-order valence-corrected chi connectivity index (χ0v) is 17.1. The number of anilines is 1. The molecule has 0 aliphatic heterocycles. The number of nitrogens with two attached hydrogens (primary N) is 1. The first-order valence-electron chi connectivity index (χ1n) is 10.8. The monoisotopic (exact) mass is 392 g/mol. The van der Waals surface area contributed by atoms with E-state index in [2.05, 4.69) is 20.4 Å². The zero-order chi connectivity index (χ0) is 20.0. The van der Waals surface area contributed by atoms with E-state index in [-0.39, 0.29) is 11.9 Å². The van der Waals surface area contributed by atoms with Crippen molar-refractivity contribution >= 4 is 11.9 Å². The van der Waals surface area contributed by atoms with E-state index in [1.807, 2.05) is 19.9 Å². The van der Waals surface area contributed by atoms with Gasteiger partial charge in [-0.2, -0.15) is 10.1 Å². The fourth-order valence-electron chi connectivity index (χ4n) is 7.60. The van der Waals surface area contributed by atoms with Crippen molar-refractivity contribution in [2.45, 2.75) is 52.4 Å². The molecule has 0 aromatic carbocycles. The Labute approximate surface area is 170 Å². The molecule has 7 heteroatoms. The molecule has 29 heavy (non-hydrogen) atoms. The number of hydrogen-bond acceptors (Lipinski definition) is 5. The van der Waals surface area contributed by atoms with Gasteiger partial charge in [0.25, 0.3) is 5.91 Å². The number of rotatable bonds is 4. The molecule has 152 valence electrons. The van der Waals surface area contributed by atoms with E-state index in [9.17, 15) is 4.79 Å². The van der Waals surface area contributed by atoms with Crippen molar-refractivity contribution in [2.24, 2.45) is 28.6 Å². The average Bonchev–Trinajstić information content (AvgIpc) is 3.19. The molecular weight excluding hydrogens is 364 g/mol. The highest BCUT2D eigenvalue weighted by Gasteiger charge is 2.70. The molecule has 5 unspecified atom stereocenters. The fourth-order valence-corrected chi connectivity index (χ4v) is 7.60. The summed E-state index contributed by atoms with van der Waals surface area (Å²) in [7, 11) is 0. The number of aryl methyl sites for hydroxylation is 2. The number of nitrogens with zero attached hydrogens (tertiary/aromatic N) is 4. The Kier molecular flexibility index (Phi) is 3.35. The fraction of sp³-hybridized carbons (Fsp3) is 0.636. The molecule has 0 saturated heterocycles. The lowest BCUT2D eigenvalue weighted by molar-refractivity contribution is -0.00254. The molecule has 5 atom stereocenters. The summed E-state index contributed by atoms with van der Waals surface area (Å²) in [5, 5.41) is 7.76. The van der Waals surface area contributed by atoms with Crippen LogP contribution >= 0.6 is 0 Å². The Morgan fingerprint density at radius 1 is 1.24 bits per heavy atom. The lowest BCUT2D eigenvalue weighted by Crippen LogP contribution is -2.43. The van der Waals surface area contributed by atoms with Gasteiger partial charge in [-0.15, -0.1) is 0 Å². The Morgan fingerprint density at radius 3 is 2.93 bits per heavy atom. The van der Waals surface area contributed by atoms with Gasteiger partial charge in [0.05, 0.1) is 11.3 Å². The Balaban J connectivity index is 1.20. The van der Waals surface area contributed by atoms with Gasteiger partial charge < -0.3 is 11.1 Å². The summed E-state index contributed by atoms with van der Waals surface area (Å²) in [5.41, 5.74) is 8.82. The molecular formula is C22H28N6O. The number of amides is 1. The summed E-state index contributed by atoms with van der Waals surface area (Å²) in [5.74, 6) is 3.56. The van der Waals surface area contributed by atoms with E-state index in [1.165, 1.54) is 38.5 Å². The predicted molar refractivity (Wildman–Crippen MR) is 108 cm³/mol. The first-order valence-corrected chi connectivity index (χ1v) is 10.8. The molecule has 1 amide bonds. The lowest BCUT2D eigenvalue weighted by atomic mass is 9.55. The van der Waals surface area contributed by atoms with Crippen molar-refractivity contribution in [2.75, 3.05) is 12.3 Å². The number of fused-ring (bicyclic) bond motifs is 2. The molecule has 6 rings (SSSR count). The van der Waals surface area contributed by atoms with Gasteiger partial charge in [0.2, 0.25) is 5.95 Å². The minimum atomic E-state index is -0.0342. The summed E-state index contributed by atoms with van der Waals surface area (Å²) in [6, 6.07) is 1.81. The molecule has 2 heterocycles. The van der Waals surface area contributed by atoms with E-state index in [1.54, 1.807) is 10.9 Å². The van der Waals surface area contributed by atoms with Gasteiger partial charge in [-0.25, -0.2) is 9.67 Å². The van der Waals surface area contributed by atoms with Crippen LogP contribution in [0.3, 0.4) is 0 Å². The second kappa shape index (κ2) is 5.58. The minimum Gasteiger partial charge on any atom is -0.368 e. The lowest BCUT2D eigenvalue weighted by Gasteiger charge is -2.49. The van der Waals surface area contributed by atoms with Crippen LogP contribution in [0, 0.1) is 42.4 Å². The molecule has 2 aromatic heterocycles. The quantitative estimate of drug-likeness (QED) is 0.834. The molecule has 2 aromatic rings. The summed E-state index contributed by atoms with van der Waals surface area (Å²) < 4.78 is 1.62. The normalized spacial score (nSPS) is 36.1. The molecule has 4 fully saturated rings. The van der Waals surface area contributed by atoms with Crippen LogP contribution in [0.15, 0.2) is 12.3 Å². The molecule has 3 bridgehead atoms. The highest BCUT2D eigenvalue weighted by Crippen LogP contribution is 2.78. The van der Waals surface area contributed by atoms with Gasteiger partial charge in [0.15, 0.2) is 5.82 Å². The van der Waals surface area contributed by atoms with Crippen molar-refractivity contribution in [1.29, 1.82) is 0 Å². The van der Waals surface area contributed by atoms with Crippen LogP contribution in [0.5, 0.6) is 0 Å². The third-order valence-electron chi connectivity index (χ3n) is 8.45. The first-order chi connectivity index (χ1) is 13.9. The second-order valence-electron chi connectivity index (χ2n) is 10.2. The van der Waals surface area contributed by atoms with E-state index < -0.39 is 0 Å². The predicted octanol–water partition coefficient (Wildman–Crippen LogP) is 2.81. The van der Waals surface area contributed by atoms with Gasteiger partial charge in [-0.3, -0.25) is 4.79 Å². The summed E-state index contributed by atoms with van der Waals surface area (Å²) in [4.78, 5) is 21.3. The van der Waals surface area contributed by atoms with Gasteiger partial charge in [-0.05, 0) is 81.0 Å². The molecule has 4 saturated carbocycles. The van der Waals surface area contributed by atoms with Gasteiger partial charge in [-0.1, -0.05) is 0 Å². The van der Waals surface area contributed by atoms with Crippen LogP contribution in [0.4, 0.5) is 5.95 Å². The number of carbonyl (C=O) groups excluding carboxylic acids is 1. The molecule has 1 spiro atoms. The minimum absolute atomic E-state index is 0.0342. The maximum Gasteiger partial charge on any atom is 0.254 e. The van der Waals surface area contributed by atoms with E-state index in [0.29, 0.717) is 27.9 Å². The van der Waals surface area contributed by atoms with Crippen LogP contribution in [-0.2, 0) is 0 Å². The SMILES string of the molecule is Cc1cc(-n2cc(C(=O)NCC34CC5CC6CC(C3)C6(C5)C4)c(C)n2)nc(N)n1. The molecule has 3 N–H and O–H groups in total. The van der Waals surface area contributed by atoms with Gasteiger partial charge in [0.1, 0.15) is 0 Å². The topological polar surface area (TPSA) is 98.7 Å². The maximum absolute atomic E-state index is 13.0. The van der Waals surface area contributed by atoms with Crippen LogP contribution in [-0.4, -0.2) is 32.2 Å². The average molecular weight is 393 g/mol. The van der Waals surface area contributed by atoms with Crippen LogP contribution in [0.1, 0.15) is 60.3 Å². The highest BCUT2D eigenvalue weighted by molar-refractivity contribution is 5.95. The standard InChI is InChI=1S/C22H28N6O/c1-12-3-18(26-20(23)25-12)28-9-17(13(2)27-28)19(29)24-11-21-6-14-4-15-5-16(8-21)22(15,7-14)10-21/h3,9,14-16H,4-8,10-11H2,1-2H3,(H,24,29)(H2,23,25,26). The molecule has 4 aliphatic rings. The third kappa shape index (κ3) is 2.42. The van der Waals surface area contributed by atoms with Gasteiger partial charge >= 0.3 is 0 Å². The smallest absolute Gasteiger partial charge is 0.254 e. The maximum atomic E-state index is 13.0. The Morgan fingerprint density at radius 2 is 2.10 bits per heavy atom. The summed E-state index contributed by atoms with van der Waals surface area (Å²) >= 11 is 0. The van der Waals surface area contributed by atoms with Crippen LogP contribution < -0.4 is 11.1 Å². The molecule has 7 nitrogen and oxygen atoms in total. The number of carbonyl (C=O) groups is 1. The summed E-state index contributed by atoms with van der Waals surface area (Å²) in [6.45, 7) is 4.53. The summed E-state index contributed by atoms with van der Waals surface area (Å²) in [6.07, 6.45) is 10.1. The highest BCUT2D eigenvalue weighted by atomic mass is 16.1. The van der Waals surface area contributed by atoms with E-state index in [4.69, 9.17) is 5.73 Å². The third-order valence-corrected chi connectivity index (χ3v) is 8.45. The van der Waals surface area contributed by atoms with Crippen molar-refractivity contribution in [3.8, 4) is 5.82 Å². The second-order valence-corrected chi connectivity index (χ2v) is 10.2. The zero-order valence-electron chi connectivity index (χ0n) is 17.1. The number of aromatic nitrogens is 4. The Bertz CT molecular complexity index is 1010. The number of nitrogens with one attached hydrogen (secondary N) is 1. The van der Waals surface area contributed by atoms with Crippen molar-refractivity contribution < 1.29 is 4.79 Å². The first kappa shape index (κ1) is 17.4. The number of hydrogen-bond donors (Lipinski definition) is 2. The molecule has 0 radical (unpaired) electrons.